The topological polar surface area (TPSA) is 52.3 Å². The second kappa shape index (κ2) is 5.11. The first-order valence-electron chi connectivity index (χ1n) is 4.38. The smallest absolute Gasteiger partial charge is 0.223 e. The zero-order valence-electron chi connectivity index (χ0n) is 8.17. The van der Waals surface area contributed by atoms with Gasteiger partial charge in [0, 0.05) is 6.07 Å². The van der Waals surface area contributed by atoms with Crippen molar-refractivity contribution in [2.24, 2.45) is 11.7 Å². The van der Waals surface area contributed by atoms with Crippen molar-refractivity contribution >= 4 is 21.8 Å². The number of rotatable bonds is 4. The second-order valence-corrected chi connectivity index (χ2v) is 4.04. The molecule has 0 saturated heterocycles. The highest BCUT2D eigenvalue weighted by molar-refractivity contribution is 9.10. The molecule has 1 aromatic carbocycles. The van der Waals surface area contributed by atoms with E-state index in [0.29, 0.717) is 10.2 Å². The molecule has 1 atom stereocenters. The molecule has 0 fully saturated rings. The Labute approximate surface area is 95.5 Å². The lowest BCUT2D eigenvalue weighted by atomic mass is 10.2. The molecule has 2 N–H and O–H groups in total. The normalized spacial score (nSPS) is 12.2. The van der Waals surface area contributed by atoms with Crippen LogP contribution in [0.3, 0.4) is 0 Å². The molecule has 0 aromatic heterocycles. The number of hydrogen-bond acceptors (Lipinski definition) is 2. The lowest BCUT2D eigenvalue weighted by molar-refractivity contribution is -0.122. The fraction of sp³-hybridized carbons (Fsp3) is 0.300. The minimum atomic E-state index is -0.442. The first kappa shape index (κ1) is 12.0. The van der Waals surface area contributed by atoms with Gasteiger partial charge in [-0.1, -0.05) is 6.92 Å². The van der Waals surface area contributed by atoms with Crippen molar-refractivity contribution in [2.45, 2.75) is 6.92 Å². The van der Waals surface area contributed by atoms with Crippen LogP contribution in [0.1, 0.15) is 6.92 Å². The van der Waals surface area contributed by atoms with Gasteiger partial charge in [-0.3, -0.25) is 4.79 Å². The highest BCUT2D eigenvalue weighted by Crippen LogP contribution is 2.25. The van der Waals surface area contributed by atoms with E-state index in [1.165, 1.54) is 12.1 Å². The summed E-state index contributed by atoms with van der Waals surface area (Å²) < 4.78 is 18.7. The Morgan fingerprint density at radius 3 is 2.93 bits per heavy atom. The molecule has 0 heterocycles. The summed E-state index contributed by atoms with van der Waals surface area (Å²) in [6, 6.07) is 4.10. The van der Waals surface area contributed by atoms with Gasteiger partial charge >= 0.3 is 0 Å². The van der Waals surface area contributed by atoms with E-state index in [1.807, 2.05) is 0 Å². The summed E-state index contributed by atoms with van der Waals surface area (Å²) in [4.78, 5) is 10.7. The molecule has 0 saturated carbocycles. The van der Waals surface area contributed by atoms with Gasteiger partial charge in [-0.25, -0.2) is 4.39 Å². The average molecular weight is 276 g/mol. The number of carbonyl (C=O) groups excluding carboxylic acids is 1. The van der Waals surface area contributed by atoms with Gasteiger partial charge in [0.15, 0.2) is 0 Å². The molecule has 1 aromatic rings. The van der Waals surface area contributed by atoms with Crippen LogP contribution in [0.5, 0.6) is 5.75 Å². The van der Waals surface area contributed by atoms with Gasteiger partial charge in [0.25, 0.3) is 0 Å². The number of benzene rings is 1. The van der Waals surface area contributed by atoms with Gasteiger partial charge in [0.1, 0.15) is 11.6 Å². The fourth-order valence-electron chi connectivity index (χ4n) is 0.885. The number of amides is 1. The van der Waals surface area contributed by atoms with Crippen molar-refractivity contribution in [3.05, 3.63) is 28.5 Å². The first-order chi connectivity index (χ1) is 7.00. The number of ether oxygens (including phenoxy) is 1. The summed E-state index contributed by atoms with van der Waals surface area (Å²) in [5.41, 5.74) is 5.06. The van der Waals surface area contributed by atoms with Crippen LogP contribution in [-0.2, 0) is 4.79 Å². The second-order valence-electron chi connectivity index (χ2n) is 3.19. The number of hydrogen-bond donors (Lipinski definition) is 1. The molecule has 82 valence electrons. The maximum atomic E-state index is 12.8. The van der Waals surface area contributed by atoms with E-state index in [2.05, 4.69) is 15.9 Å². The number of nitrogens with two attached hydrogens (primary N) is 1. The van der Waals surface area contributed by atoms with Gasteiger partial charge in [-0.2, -0.15) is 0 Å². The Bertz CT molecular complexity index is 370. The lowest BCUT2D eigenvalue weighted by Gasteiger charge is -2.11. The van der Waals surface area contributed by atoms with Crippen LogP contribution in [0.25, 0.3) is 0 Å². The van der Waals surface area contributed by atoms with Crippen LogP contribution < -0.4 is 10.5 Å². The Morgan fingerprint density at radius 2 is 2.33 bits per heavy atom. The van der Waals surface area contributed by atoms with Gasteiger partial charge in [0.2, 0.25) is 5.91 Å². The van der Waals surface area contributed by atoms with Crippen molar-refractivity contribution < 1.29 is 13.9 Å². The Balaban J connectivity index is 2.65. The van der Waals surface area contributed by atoms with E-state index in [4.69, 9.17) is 10.5 Å². The third-order valence-corrected chi connectivity index (χ3v) is 2.52. The molecule has 0 aliphatic heterocycles. The third-order valence-electron chi connectivity index (χ3n) is 1.87. The average Bonchev–Trinajstić information content (AvgIpc) is 2.18. The van der Waals surface area contributed by atoms with Gasteiger partial charge in [0.05, 0.1) is 17.0 Å². The quantitative estimate of drug-likeness (QED) is 0.915. The molecule has 5 heteroatoms. The zero-order chi connectivity index (χ0) is 11.4. The molecule has 1 amide bonds. The summed E-state index contributed by atoms with van der Waals surface area (Å²) >= 11 is 3.21. The standard InChI is InChI=1S/C10H11BrFNO2/c1-6(10(13)14)5-15-9-4-7(12)2-3-8(9)11/h2-4,6H,5H2,1H3,(H2,13,14). The van der Waals surface area contributed by atoms with E-state index in [1.54, 1.807) is 13.0 Å². The van der Waals surface area contributed by atoms with Crippen LogP contribution in [0, 0.1) is 11.7 Å². The molecular formula is C10H11BrFNO2. The molecule has 3 nitrogen and oxygen atoms in total. The predicted octanol–water partition coefficient (Wildman–Crippen LogP) is 2.09. The molecular weight excluding hydrogens is 265 g/mol. The molecule has 0 spiro atoms. The third kappa shape index (κ3) is 3.51. The molecule has 1 unspecified atom stereocenters. The Morgan fingerprint density at radius 1 is 1.67 bits per heavy atom. The zero-order valence-corrected chi connectivity index (χ0v) is 9.75. The van der Waals surface area contributed by atoms with Crippen LogP contribution in [0.2, 0.25) is 0 Å². The maximum Gasteiger partial charge on any atom is 0.223 e. The highest BCUT2D eigenvalue weighted by Gasteiger charge is 2.10. The van der Waals surface area contributed by atoms with Crippen LogP contribution >= 0.6 is 15.9 Å². The fourth-order valence-corrected chi connectivity index (χ4v) is 1.25. The SMILES string of the molecule is CC(COc1cc(F)ccc1Br)C(N)=O. The Hall–Kier alpha value is -1.10. The first-order valence-corrected chi connectivity index (χ1v) is 5.17. The van der Waals surface area contributed by atoms with Crippen LogP contribution in [-0.4, -0.2) is 12.5 Å². The van der Waals surface area contributed by atoms with E-state index < -0.39 is 11.8 Å². The number of halogens is 2. The summed E-state index contributed by atoms with van der Waals surface area (Å²) in [6.07, 6.45) is 0. The van der Waals surface area contributed by atoms with Crippen LogP contribution in [0.4, 0.5) is 4.39 Å². The summed E-state index contributed by atoms with van der Waals surface area (Å²) in [6.45, 7) is 1.78. The van der Waals surface area contributed by atoms with Crippen molar-refractivity contribution in [2.75, 3.05) is 6.61 Å². The van der Waals surface area contributed by atoms with E-state index in [0.717, 1.165) is 0 Å². The Kier molecular flexibility index (Phi) is 4.08. The largest absolute Gasteiger partial charge is 0.491 e. The summed E-state index contributed by atoms with van der Waals surface area (Å²) in [5, 5.41) is 0. The molecule has 0 radical (unpaired) electrons. The maximum absolute atomic E-state index is 12.8. The van der Waals surface area contributed by atoms with Gasteiger partial charge in [-0.05, 0) is 28.1 Å². The van der Waals surface area contributed by atoms with E-state index >= 15 is 0 Å². The van der Waals surface area contributed by atoms with Gasteiger partial charge < -0.3 is 10.5 Å². The minimum Gasteiger partial charge on any atom is -0.491 e. The van der Waals surface area contributed by atoms with Gasteiger partial charge in [-0.15, -0.1) is 0 Å². The molecule has 1 rings (SSSR count). The summed E-state index contributed by atoms with van der Waals surface area (Å²) in [5.74, 6) is -0.870. The van der Waals surface area contributed by atoms with Crippen LogP contribution in [0.15, 0.2) is 22.7 Å². The number of carbonyl (C=O) groups is 1. The van der Waals surface area contributed by atoms with Crippen molar-refractivity contribution in [3.63, 3.8) is 0 Å². The van der Waals surface area contributed by atoms with E-state index in [9.17, 15) is 9.18 Å². The predicted molar refractivity (Wildman–Crippen MR) is 58.0 cm³/mol. The molecule has 0 aliphatic rings. The van der Waals surface area contributed by atoms with Crippen molar-refractivity contribution in [1.29, 1.82) is 0 Å². The number of primary amides is 1. The minimum absolute atomic E-state index is 0.136. The molecule has 15 heavy (non-hydrogen) atoms. The lowest BCUT2D eigenvalue weighted by Crippen LogP contribution is -2.25. The molecule has 0 aliphatic carbocycles. The van der Waals surface area contributed by atoms with Crippen molar-refractivity contribution in [3.8, 4) is 5.75 Å². The molecule has 0 bridgehead atoms. The highest BCUT2D eigenvalue weighted by atomic mass is 79.9. The monoisotopic (exact) mass is 275 g/mol. The van der Waals surface area contributed by atoms with Crippen molar-refractivity contribution in [1.82, 2.24) is 0 Å². The summed E-state index contributed by atoms with van der Waals surface area (Å²) in [7, 11) is 0. The van der Waals surface area contributed by atoms with E-state index in [-0.39, 0.29) is 12.4 Å².